The summed E-state index contributed by atoms with van der Waals surface area (Å²) in [5, 5.41) is 3.16. The molecule has 1 aliphatic heterocycles. The number of oxazole rings is 1. The molecule has 1 amide bonds. The Kier molecular flexibility index (Phi) is 4.28. The van der Waals surface area contributed by atoms with Gasteiger partial charge in [0.2, 0.25) is 5.91 Å². The third-order valence-corrected chi connectivity index (χ3v) is 4.76. The predicted octanol–water partition coefficient (Wildman–Crippen LogP) is 3.35. The summed E-state index contributed by atoms with van der Waals surface area (Å²) in [6.45, 7) is 7.84. The fourth-order valence-electron chi connectivity index (χ4n) is 2.85. The van der Waals surface area contributed by atoms with Gasteiger partial charge < -0.3 is 14.6 Å². The van der Waals surface area contributed by atoms with Crippen LogP contribution in [0.1, 0.15) is 40.0 Å². The second-order valence-electron chi connectivity index (χ2n) is 6.95. The van der Waals surface area contributed by atoms with Gasteiger partial charge in [0.15, 0.2) is 5.58 Å². The van der Waals surface area contributed by atoms with E-state index in [-0.39, 0.29) is 17.4 Å². The first-order valence-electron chi connectivity index (χ1n) is 8.41. The molecular weight excluding hydrogens is 290 g/mol. The number of nitrogens with zero attached hydrogens (tertiary/aromatic N) is 2. The maximum atomic E-state index is 12.4. The molecule has 5 nitrogen and oxygen atoms in total. The fraction of sp³-hybridized carbons (Fsp3) is 0.556. The quantitative estimate of drug-likeness (QED) is 0.940. The molecule has 5 heteroatoms. The minimum absolute atomic E-state index is 0.0847. The summed E-state index contributed by atoms with van der Waals surface area (Å²) in [7, 11) is 0. The minimum Gasteiger partial charge on any atom is -0.423 e. The van der Waals surface area contributed by atoms with Crippen LogP contribution in [0.5, 0.6) is 0 Å². The monoisotopic (exact) mass is 315 g/mol. The van der Waals surface area contributed by atoms with Gasteiger partial charge in [0.25, 0.3) is 6.01 Å². The number of hydrogen-bond donors (Lipinski definition) is 1. The highest BCUT2D eigenvalue weighted by molar-refractivity contribution is 5.79. The topological polar surface area (TPSA) is 58.4 Å². The lowest BCUT2D eigenvalue weighted by atomic mass is 9.93. The molecule has 1 aliphatic rings. The molecule has 0 saturated carbocycles. The SMILES string of the molecule is CCC(C)(C)NC(=O)C1CCN(c2nc3ccccc3o2)CC1. The lowest BCUT2D eigenvalue weighted by Crippen LogP contribution is -2.48. The van der Waals surface area contributed by atoms with Crippen molar-refractivity contribution in [1.82, 2.24) is 10.3 Å². The van der Waals surface area contributed by atoms with Crippen LogP contribution in [0.2, 0.25) is 0 Å². The van der Waals surface area contributed by atoms with E-state index < -0.39 is 0 Å². The zero-order chi connectivity index (χ0) is 16.4. The number of aromatic nitrogens is 1. The average molecular weight is 315 g/mol. The van der Waals surface area contributed by atoms with Gasteiger partial charge in [-0.1, -0.05) is 19.1 Å². The van der Waals surface area contributed by atoms with Crippen LogP contribution < -0.4 is 10.2 Å². The molecule has 23 heavy (non-hydrogen) atoms. The summed E-state index contributed by atoms with van der Waals surface area (Å²) in [6, 6.07) is 8.46. The Morgan fingerprint density at radius 2 is 2.04 bits per heavy atom. The molecule has 0 aliphatic carbocycles. The maximum Gasteiger partial charge on any atom is 0.298 e. The Bertz CT molecular complexity index is 651. The molecule has 1 aromatic carbocycles. The Labute approximate surface area is 137 Å². The minimum atomic E-state index is -0.130. The molecule has 0 radical (unpaired) electrons. The number of amides is 1. The standard InChI is InChI=1S/C18H25N3O2/c1-4-18(2,3)20-16(22)13-9-11-21(12-10-13)17-19-14-7-5-6-8-15(14)23-17/h5-8,13H,4,9-12H2,1-3H3,(H,20,22). The molecular formula is C18H25N3O2. The summed E-state index contributed by atoms with van der Waals surface area (Å²) in [5.74, 6) is 0.260. The zero-order valence-corrected chi connectivity index (χ0v) is 14.1. The van der Waals surface area contributed by atoms with Crippen molar-refractivity contribution in [2.75, 3.05) is 18.0 Å². The van der Waals surface area contributed by atoms with Crippen molar-refractivity contribution in [3.8, 4) is 0 Å². The summed E-state index contributed by atoms with van der Waals surface area (Å²) in [6.07, 6.45) is 2.61. The number of anilines is 1. The molecule has 1 saturated heterocycles. The van der Waals surface area contributed by atoms with Crippen molar-refractivity contribution in [2.45, 2.75) is 45.6 Å². The van der Waals surface area contributed by atoms with Crippen LogP contribution in [0.25, 0.3) is 11.1 Å². The van der Waals surface area contributed by atoms with Gasteiger partial charge in [-0.05, 0) is 45.2 Å². The molecule has 1 fully saturated rings. The molecule has 1 N–H and O–H groups in total. The number of hydrogen-bond acceptors (Lipinski definition) is 4. The summed E-state index contributed by atoms with van der Waals surface area (Å²) < 4.78 is 5.82. The molecule has 2 aromatic rings. The van der Waals surface area contributed by atoms with Gasteiger partial charge in [-0.15, -0.1) is 0 Å². The van der Waals surface area contributed by atoms with Crippen LogP contribution in [0.4, 0.5) is 6.01 Å². The first-order valence-corrected chi connectivity index (χ1v) is 8.41. The largest absolute Gasteiger partial charge is 0.423 e. The number of nitrogens with one attached hydrogen (secondary N) is 1. The average Bonchev–Trinajstić information content (AvgIpc) is 2.98. The number of piperidine rings is 1. The van der Waals surface area contributed by atoms with Gasteiger partial charge in [0, 0.05) is 24.5 Å². The lowest BCUT2D eigenvalue weighted by Gasteiger charge is -2.33. The van der Waals surface area contributed by atoms with E-state index in [1.807, 2.05) is 24.3 Å². The van der Waals surface area contributed by atoms with Crippen LogP contribution in [-0.2, 0) is 4.79 Å². The second-order valence-corrected chi connectivity index (χ2v) is 6.95. The van der Waals surface area contributed by atoms with Crippen LogP contribution in [-0.4, -0.2) is 29.5 Å². The summed E-state index contributed by atoms with van der Waals surface area (Å²) >= 11 is 0. The van der Waals surface area contributed by atoms with Crippen LogP contribution in [0.3, 0.4) is 0 Å². The lowest BCUT2D eigenvalue weighted by molar-refractivity contribution is -0.127. The van der Waals surface area contributed by atoms with Crippen molar-refractivity contribution in [3.63, 3.8) is 0 Å². The molecule has 0 atom stereocenters. The van der Waals surface area contributed by atoms with Gasteiger partial charge in [-0.25, -0.2) is 0 Å². The van der Waals surface area contributed by atoms with Crippen molar-refractivity contribution in [3.05, 3.63) is 24.3 Å². The highest BCUT2D eigenvalue weighted by Crippen LogP contribution is 2.26. The first kappa shape index (κ1) is 15.8. The maximum absolute atomic E-state index is 12.4. The number of fused-ring (bicyclic) bond motifs is 1. The predicted molar refractivity (Wildman–Crippen MR) is 91.5 cm³/mol. The van der Waals surface area contributed by atoms with Crippen LogP contribution in [0.15, 0.2) is 28.7 Å². The van der Waals surface area contributed by atoms with Gasteiger partial charge in [-0.2, -0.15) is 4.98 Å². The van der Waals surface area contributed by atoms with E-state index in [0.717, 1.165) is 43.5 Å². The normalized spacial score (nSPS) is 16.7. The van der Waals surface area contributed by atoms with Crippen LogP contribution >= 0.6 is 0 Å². The molecule has 0 unspecified atom stereocenters. The molecule has 3 rings (SSSR count). The Morgan fingerprint density at radius 1 is 1.35 bits per heavy atom. The molecule has 1 aromatic heterocycles. The van der Waals surface area contributed by atoms with Crippen molar-refractivity contribution < 1.29 is 9.21 Å². The number of carbonyl (C=O) groups is 1. The third-order valence-electron chi connectivity index (χ3n) is 4.76. The van der Waals surface area contributed by atoms with Gasteiger partial charge in [0.05, 0.1) is 0 Å². The van der Waals surface area contributed by atoms with Gasteiger partial charge in [0.1, 0.15) is 5.52 Å². The van der Waals surface area contributed by atoms with Crippen molar-refractivity contribution in [1.29, 1.82) is 0 Å². The smallest absolute Gasteiger partial charge is 0.298 e. The molecule has 2 heterocycles. The Hall–Kier alpha value is -2.04. The van der Waals surface area contributed by atoms with E-state index in [1.165, 1.54) is 0 Å². The van der Waals surface area contributed by atoms with E-state index in [2.05, 4.69) is 36.0 Å². The molecule has 0 bridgehead atoms. The van der Waals surface area contributed by atoms with E-state index >= 15 is 0 Å². The highest BCUT2D eigenvalue weighted by atomic mass is 16.4. The van der Waals surface area contributed by atoms with Crippen molar-refractivity contribution >= 4 is 23.0 Å². The summed E-state index contributed by atoms with van der Waals surface area (Å²) in [4.78, 5) is 19.1. The summed E-state index contributed by atoms with van der Waals surface area (Å²) in [5.41, 5.74) is 1.56. The van der Waals surface area contributed by atoms with Crippen molar-refractivity contribution in [2.24, 2.45) is 5.92 Å². The number of benzene rings is 1. The zero-order valence-electron chi connectivity index (χ0n) is 14.1. The highest BCUT2D eigenvalue weighted by Gasteiger charge is 2.29. The first-order chi connectivity index (χ1) is 11.0. The van der Waals surface area contributed by atoms with Gasteiger partial charge >= 0.3 is 0 Å². The third kappa shape index (κ3) is 3.49. The van der Waals surface area contributed by atoms with E-state index in [4.69, 9.17) is 4.42 Å². The number of carbonyl (C=O) groups excluding carboxylic acids is 1. The Balaban J connectivity index is 1.61. The Morgan fingerprint density at radius 3 is 2.70 bits per heavy atom. The molecule has 124 valence electrons. The second kappa shape index (κ2) is 6.22. The van der Waals surface area contributed by atoms with E-state index in [1.54, 1.807) is 0 Å². The van der Waals surface area contributed by atoms with Crippen LogP contribution in [0, 0.1) is 5.92 Å². The van der Waals surface area contributed by atoms with E-state index in [0.29, 0.717) is 6.01 Å². The van der Waals surface area contributed by atoms with E-state index in [9.17, 15) is 4.79 Å². The number of rotatable bonds is 4. The number of para-hydroxylation sites is 2. The fourth-order valence-corrected chi connectivity index (χ4v) is 2.85. The molecule has 0 spiro atoms. The van der Waals surface area contributed by atoms with Gasteiger partial charge in [-0.3, -0.25) is 4.79 Å².